The first-order valence-electron chi connectivity index (χ1n) is 11.3. The average Bonchev–Trinajstić information content (AvgIpc) is 3.67. The van der Waals surface area contributed by atoms with Gasteiger partial charge < -0.3 is 10.2 Å². The van der Waals surface area contributed by atoms with Crippen LogP contribution in [0.5, 0.6) is 0 Å². The van der Waals surface area contributed by atoms with Crippen molar-refractivity contribution >= 4 is 23.5 Å². The summed E-state index contributed by atoms with van der Waals surface area (Å²) in [6, 6.07) is 20.1. The Morgan fingerprint density at radius 3 is 2.53 bits per heavy atom. The van der Waals surface area contributed by atoms with Gasteiger partial charge in [-0.1, -0.05) is 61.2 Å². The second kappa shape index (κ2) is 10.6. The molecule has 0 spiro atoms. The lowest BCUT2D eigenvalue weighted by Gasteiger charge is -2.18. The van der Waals surface area contributed by atoms with Crippen LogP contribution < -0.4 is 10.2 Å². The summed E-state index contributed by atoms with van der Waals surface area (Å²) in [6.45, 7) is 3.90. The summed E-state index contributed by atoms with van der Waals surface area (Å²) in [5, 5.41) is 3.78. The van der Waals surface area contributed by atoms with Crippen LogP contribution in [0.2, 0.25) is 0 Å². The highest BCUT2D eigenvalue weighted by Gasteiger charge is 2.21. The number of amides is 1. The Labute approximate surface area is 194 Å². The van der Waals surface area contributed by atoms with E-state index < -0.39 is 0 Å². The first-order valence-corrected chi connectivity index (χ1v) is 12.3. The number of benzene rings is 2. The average molecular weight is 447 g/mol. The van der Waals surface area contributed by atoms with Crippen LogP contribution in [-0.2, 0) is 5.75 Å². The maximum Gasteiger partial charge on any atom is 0.251 e. The van der Waals surface area contributed by atoms with Crippen molar-refractivity contribution in [2.24, 2.45) is 5.92 Å². The predicted octanol–water partition coefficient (Wildman–Crippen LogP) is 5.42. The van der Waals surface area contributed by atoms with Crippen molar-refractivity contribution in [3.8, 4) is 11.3 Å². The van der Waals surface area contributed by atoms with Crippen LogP contribution in [0.4, 0.5) is 5.82 Å². The summed E-state index contributed by atoms with van der Waals surface area (Å²) in [7, 11) is 2.07. The van der Waals surface area contributed by atoms with Gasteiger partial charge in [0, 0.05) is 43.1 Å². The molecule has 166 valence electrons. The lowest BCUT2D eigenvalue weighted by atomic mass is 10.1. The van der Waals surface area contributed by atoms with Gasteiger partial charge in [0.25, 0.3) is 5.91 Å². The molecular weight excluding hydrogens is 416 g/mol. The molecule has 1 aliphatic rings. The molecule has 0 unspecified atom stereocenters. The van der Waals surface area contributed by atoms with Gasteiger partial charge in [0.1, 0.15) is 5.82 Å². The van der Waals surface area contributed by atoms with Crippen LogP contribution in [0, 0.1) is 5.92 Å². The smallest absolute Gasteiger partial charge is 0.251 e. The molecule has 0 saturated heterocycles. The third kappa shape index (κ3) is 6.10. The predicted molar refractivity (Wildman–Crippen MR) is 132 cm³/mol. The van der Waals surface area contributed by atoms with Crippen LogP contribution in [0.15, 0.2) is 65.8 Å². The number of aromatic nitrogens is 2. The Balaban J connectivity index is 1.45. The number of carbonyl (C=O) groups excluding carboxylic acids is 1. The maximum atomic E-state index is 12.3. The standard InChI is InChI=1S/C26H30N4OS/c1-3-15-30(2)24-16-23(21-7-5-4-6-8-21)28-26(29-24)32-18-20-11-13-22(14-12-20)25(31)27-17-19-9-10-19/h4-8,11-14,16,19H,3,9-10,15,17-18H2,1-2H3,(H,27,31). The molecule has 3 aromatic rings. The highest BCUT2D eigenvalue weighted by Crippen LogP contribution is 2.28. The Hall–Kier alpha value is -2.86. The molecule has 1 fully saturated rings. The number of anilines is 1. The van der Waals surface area contributed by atoms with E-state index in [1.54, 1.807) is 11.8 Å². The maximum absolute atomic E-state index is 12.3. The van der Waals surface area contributed by atoms with Crippen molar-refractivity contribution in [3.05, 3.63) is 71.8 Å². The molecule has 5 nitrogen and oxygen atoms in total. The van der Waals surface area contributed by atoms with Crippen molar-refractivity contribution in [3.63, 3.8) is 0 Å². The van der Waals surface area contributed by atoms with E-state index in [0.29, 0.717) is 11.5 Å². The van der Waals surface area contributed by atoms with Crippen LogP contribution in [-0.4, -0.2) is 36.0 Å². The van der Waals surface area contributed by atoms with E-state index in [9.17, 15) is 4.79 Å². The number of nitrogens with zero attached hydrogens (tertiary/aromatic N) is 3. The van der Waals surface area contributed by atoms with E-state index in [2.05, 4.69) is 42.4 Å². The summed E-state index contributed by atoms with van der Waals surface area (Å²) in [6.07, 6.45) is 3.53. The largest absolute Gasteiger partial charge is 0.360 e. The third-order valence-electron chi connectivity index (χ3n) is 5.54. The Morgan fingerprint density at radius 2 is 1.84 bits per heavy atom. The second-order valence-corrected chi connectivity index (χ2v) is 9.26. The van der Waals surface area contributed by atoms with Gasteiger partial charge in [0.05, 0.1) is 5.69 Å². The fourth-order valence-electron chi connectivity index (χ4n) is 3.44. The molecule has 2 aromatic carbocycles. The summed E-state index contributed by atoms with van der Waals surface area (Å²) in [4.78, 5) is 24.0. The van der Waals surface area contributed by atoms with Gasteiger partial charge in [-0.2, -0.15) is 0 Å². The minimum atomic E-state index is 0.0126. The molecule has 1 heterocycles. The van der Waals surface area contributed by atoms with Gasteiger partial charge in [0.2, 0.25) is 0 Å². The summed E-state index contributed by atoms with van der Waals surface area (Å²) in [5.74, 6) is 2.38. The number of rotatable bonds is 10. The number of hydrogen-bond acceptors (Lipinski definition) is 5. The fourth-order valence-corrected chi connectivity index (χ4v) is 4.25. The van der Waals surface area contributed by atoms with E-state index in [1.807, 2.05) is 42.5 Å². The molecule has 0 bridgehead atoms. The van der Waals surface area contributed by atoms with Crippen LogP contribution in [0.1, 0.15) is 42.1 Å². The van der Waals surface area contributed by atoms with E-state index in [1.165, 1.54) is 12.8 Å². The van der Waals surface area contributed by atoms with Crippen LogP contribution >= 0.6 is 11.8 Å². The quantitative estimate of drug-likeness (QED) is 0.333. The van der Waals surface area contributed by atoms with Crippen molar-refractivity contribution < 1.29 is 4.79 Å². The van der Waals surface area contributed by atoms with Gasteiger partial charge in [-0.15, -0.1) is 0 Å². The molecule has 1 aliphatic carbocycles. The Morgan fingerprint density at radius 1 is 1.09 bits per heavy atom. The molecule has 1 aromatic heterocycles. The van der Waals surface area contributed by atoms with Gasteiger partial charge in [-0.25, -0.2) is 9.97 Å². The van der Waals surface area contributed by atoms with E-state index in [0.717, 1.165) is 53.1 Å². The minimum Gasteiger partial charge on any atom is -0.360 e. The van der Waals surface area contributed by atoms with Gasteiger partial charge in [-0.3, -0.25) is 4.79 Å². The van der Waals surface area contributed by atoms with E-state index >= 15 is 0 Å². The molecule has 6 heteroatoms. The highest BCUT2D eigenvalue weighted by molar-refractivity contribution is 7.98. The Kier molecular flexibility index (Phi) is 7.43. The van der Waals surface area contributed by atoms with Crippen molar-refractivity contribution in [2.75, 3.05) is 25.0 Å². The lowest BCUT2D eigenvalue weighted by Crippen LogP contribution is -2.25. The summed E-state index contributed by atoms with van der Waals surface area (Å²) >= 11 is 1.62. The van der Waals surface area contributed by atoms with Gasteiger partial charge in [-0.05, 0) is 42.9 Å². The zero-order chi connectivity index (χ0) is 22.3. The number of nitrogens with one attached hydrogen (secondary N) is 1. The van der Waals surface area contributed by atoms with Gasteiger partial charge in [0.15, 0.2) is 5.16 Å². The molecule has 1 amide bonds. The normalized spacial score (nSPS) is 13.1. The molecule has 32 heavy (non-hydrogen) atoms. The molecule has 0 atom stereocenters. The number of carbonyl (C=O) groups is 1. The van der Waals surface area contributed by atoms with Gasteiger partial charge >= 0.3 is 0 Å². The van der Waals surface area contributed by atoms with Crippen LogP contribution in [0.3, 0.4) is 0 Å². The molecule has 0 aliphatic heterocycles. The number of thioether (sulfide) groups is 1. The monoisotopic (exact) mass is 446 g/mol. The van der Waals surface area contributed by atoms with Crippen molar-refractivity contribution in [1.82, 2.24) is 15.3 Å². The molecular formula is C26H30N4OS. The van der Waals surface area contributed by atoms with Crippen LogP contribution in [0.25, 0.3) is 11.3 Å². The number of hydrogen-bond donors (Lipinski definition) is 1. The molecule has 4 rings (SSSR count). The molecule has 0 radical (unpaired) electrons. The first kappa shape index (κ1) is 22.3. The minimum absolute atomic E-state index is 0.0126. The zero-order valence-corrected chi connectivity index (χ0v) is 19.6. The highest BCUT2D eigenvalue weighted by atomic mass is 32.2. The molecule has 1 saturated carbocycles. The zero-order valence-electron chi connectivity index (χ0n) is 18.8. The van der Waals surface area contributed by atoms with E-state index in [-0.39, 0.29) is 5.91 Å². The first-order chi connectivity index (χ1) is 15.6. The van der Waals surface area contributed by atoms with Crippen molar-refractivity contribution in [2.45, 2.75) is 37.1 Å². The lowest BCUT2D eigenvalue weighted by molar-refractivity contribution is 0.0952. The Bertz CT molecular complexity index is 1040. The third-order valence-corrected chi connectivity index (χ3v) is 6.46. The second-order valence-electron chi connectivity index (χ2n) is 8.32. The molecule has 1 N–H and O–H groups in total. The SMILES string of the molecule is CCCN(C)c1cc(-c2ccccc2)nc(SCc2ccc(C(=O)NCC3CC3)cc2)n1. The van der Waals surface area contributed by atoms with E-state index in [4.69, 9.17) is 9.97 Å². The topological polar surface area (TPSA) is 58.1 Å². The van der Waals surface area contributed by atoms with Crippen molar-refractivity contribution in [1.29, 1.82) is 0 Å². The summed E-state index contributed by atoms with van der Waals surface area (Å²) in [5.41, 5.74) is 3.88. The fraction of sp³-hybridized carbons (Fsp3) is 0.346. The summed E-state index contributed by atoms with van der Waals surface area (Å²) < 4.78 is 0.